The predicted molar refractivity (Wildman–Crippen MR) is 132 cm³/mol. The number of aromatic nitrogens is 7. The molecule has 0 saturated carbocycles. The molecular formula is C24H17FN8OS. The van der Waals surface area contributed by atoms with Crippen LogP contribution < -0.4 is 5.32 Å². The largest absolute Gasteiger partial charge is 0.335 e. The van der Waals surface area contributed by atoms with Gasteiger partial charge in [-0.1, -0.05) is 6.92 Å². The highest BCUT2D eigenvalue weighted by Crippen LogP contribution is 2.34. The number of rotatable bonds is 5. The molecule has 35 heavy (non-hydrogen) atoms. The topological polar surface area (TPSA) is 125 Å². The molecule has 0 spiro atoms. The molecule has 0 aliphatic heterocycles. The van der Waals surface area contributed by atoms with Crippen molar-refractivity contribution in [3.63, 3.8) is 0 Å². The summed E-state index contributed by atoms with van der Waals surface area (Å²) in [5.74, 6) is 0.428. The number of aromatic amines is 2. The summed E-state index contributed by atoms with van der Waals surface area (Å²) >= 11 is 1.04. The lowest BCUT2D eigenvalue weighted by Gasteiger charge is -2.06. The van der Waals surface area contributed by atoms with Gasteiger partial charge in [0.25, 0.3) is 0 Å². The molecule has 9 nitrogen and oxygen atoms in total. The number of thiophene rings is 1. The zero-order valence-electron chi connectivity index (χ0n) is 18.3. The summed E-state index contributed by atoms with van der Waals surface area (Å²) in [5, 5.41) is 9.98. The molecule has 11 heteroatoms. The van der Waals surface area contributed by atoms with Crippen LogP contribution >= 0.6 is 11.3 Å². The fraction of sp³-hybridized carbons (Fsp3) is 0.0833. The highest BCUT2D eigenvalue weighted by atomic mass is 32.1. The first-order valence-electron chi connectivity index (χ1n) is 10.8. The molecule has 6 aromatic rings. The molecule has 0 fully saturated rings. The second-order valence-electron chi connectivity index (χ2n) is 7.80. The van der Waals surface area contributed by atoms with E-state index in [1.807, 2.05) is 18.2 Å². The molecular weight excluding hydrogens is 467 g/mol. The lowest BCUT2D eigenvalue weighted by molar-refractivity contribution is -0.115. The first-order valence-corrected chi connectivity index (χ1v) is 11.6. The number of pyridine rings is 3. The number of halogens is 1. The second-order valence-corrected chi connectivity index (χ2v) is 8.84. The van der Waals surface area contributed by atoms with Crippen molar-refractivity contribution in [2.24, 2.45) is 0 Å². The van der Waals surface area contributed by atoms with Crippen molar-refractivity contribution < 1.29 is 9.18 Å². The summed E-state index contributed by atoms with van der Waals surface area (Å²) in [6.45, 7) is 1.79. The standard InChI is InChI=1S/C24H17FN8OS/c1-2-20(34)28-13-7-12(8-26-9-13)15-3-4-16-22(29-15)23(33-32-16)24-30-17-11-27-10-14(21(17)31-24)18-5-6-19(25)35-18/h3-11H,2H2,1H3,(H,28,34)(H,30,31)(H,32,33). The number of carbonyl (C=O) groups is 1. The Labute approximate surface area is 201 Å². The Balaban J connectivity index is 1.43. The van der Waals surface area contributed by atoms with Crippen molar-refractivity contribution in [3.05, 3.63) is 60.3 Å². The summed E-state index contributed by atoms with van der Waals surface area (Å²) in [4.78, 5) is 33.8. The van der Waals surface area contributed by atoms with Crippen LogP contribution in [0, 0.1) is 5.13 Å². The van der Waals surface area contributed by atoms with Gasteiger partial charge in [0.1, 0.15) is 11.0 Å². The van der Waals surface area contributed by atoms with E-state index in [4.69, 9.17) is 9.97 Å². The van der Waals surface area contributed by atoms with Gasteiger partial charge in [-0.25, -0.2) is 9.97 Å². The summed E-state index contributed by atoms with van der Waals surface area (Å²) in [6, 6.07) is 8.71. The van der Waals surface area contributed by atoms with Crippen LogP contribution in [0.15, 0.2) is 55.1 Å². The second kappa shape index (κ2) is 8.37. The van der Waals surface area contributed by atoms with Crippen LogP contribution in [0.1, 0.15) is 13.3 Å². The fourth-order valence-corrected chi connectivity index (χ4v) is 4.55. The van der Waals surface area contributed by atoms with E-state index in [0.29, 0.717) is 45.9 Å². The zero-order chi connectivity index (χ0) is 23.9. The van der Waals surface area contributed by atoms with Gasteiger partial charge in [-0.15, -0.1) is 11.3 Å². The maximum atomic E-state index is 13.6. The van der Waals surface area contributed by atoms with Crippen molar-refractivity contribution in [3.8, 4) is 33.2 Å². The SMILES string of the molecule is CCC(=O)Nc1cncc(-c2ccc3[nH]nc(-c4nc5c(-c6ccc(F)s6)cncc5[nH]4)c3n2)c1. The number of imidazole rings is 1. The fourth-order valence-electron chi connectivity index (χ4n) is 3.81. The number of nitrogens with zero attached hydrogens (tertiary/aromatic N) is 5. The molecule has 6 rings (SSSR count). The molecule has 0 saturated heterocycles. The highest BCUT2D eigenvalue weighted by molar-refractivity contribution is 7.14. The minimum absolute atomic E-state index is 0.0893. The third kappa shape index (κ3) is 3.81. The maximum Gasteiger partial charge on any atom is 0.224 e. The Morgan fingerprint density at radius 2 is 1.91 bits per heavy atom. The van der Waals surface area contributed by atoms with Crippen molar-refractivity contribution >= 4 is 45.0 Å². The number of amides is 1. The normalized spacial score (nSPS) is 11.4. The average Bonchev–Trinajstić information content (AvgIpc) is 3.61. The predicted octanol–water partition coefficient (Wildman–Crippen LogP) is 5.17. The average molecular weight is 485 g/mol. The van der Waals surface area contributed by atoms with Crippen LogP contribution in [0.3, 0.4) is 0 Å². The monoisotopic (exact) mass is 484 g/mol. The molecule has 0 aromatic carbocycles. The van der Waals surface area contributed by atoms with Gasteiger partial charge in [0, 0.05) is 34.8 Å². The lowest BCUT2D eigenvalue weighted by Crippen LogP contribution is -2.09. The van der Waals surface area contributed by atoms with Gasteiger partial charge < -0.3 is 10.3 Å². The van der Waals surface area contributed by atoms with Gasteiger partial charge in [-0.05, 0) is 30.3 Å². The minimum Gasteiger partial charge on any atom is -0.335 e. The van der Waals surface area contributed by atoms with Gasteiger partial charge in [0.15, 0.2) is 16.6 Å². The molecule has 0 atom stereocenters. The molecule has 172 valence electrons. The Morgan fingerprint density at radius 1 is 1.03 bits per heavy atom. The Morgan fingerprint density at radius 3 is 2.74 bits per heavy atom. The van der Waals surface area contributed by atoms with Gasteiger partial charge in [-0.2, -0.15) is 9.49 Å². The Kier molecular flexibility index (Phi) is 5.03. The Hall–Kier alpha value is -4.51. The quantitative estimate of drug-likeness (QED) is 0.310. The number of H-pyrrole nitrogens is 2. The smallest absolute Gasteiger partial charge is 0.224 e. The van der Waals surface area contributed by atoms with E-state index < -0.39 is 0 Å². The van der Waals surface area contributed by atoms with Crippen LogP contribution in [-0.2, 0) is 4.79 Å². The van der Waals surface area contributed by atoms with Crippen molar-refractivity contribution in [2.75, 3.05) is 5.32 Å². The summed E-state index contributed by atoms with van der Waals surface area (Å²) < 4.78 is 13.6. The number of fused-ring (bicyclic) bond motifs is 2. The summed E-state index contributed by atoms with van der Waals surface area (Å²) in [6.07, 6.45) is 7.01. The van der Waals surface area contributed by atoms with E-state index in [1.165, 1.54) is 6.07 Å². The van der Waals surface area contributed by atoms with Crippen LogP contribution in [0.2, 0.25) is 0 Å². The van der Waals surface area contributed by atoms with Gasteiger partial charge in [0.2, 0.25) is 5.91 Å². The first kappa shape index (κ1) is 21.1. The Bertz CT molecular complexity index is 1720. The van der Waals surface area contributed by atoms with Crippen molar-refractivity contribution in [1.82, 2.24) is 35.1 Å². The molecule has 0 radical (unpaired) electrons. The number of hydrogen-bond acceptors (Lipinski definition) is 7. The number of nitrogens with one attached hydrogen (secondary N) is 3. The van der Waals surface area contributed by atoms with E-state index >= 15 is 0 Å². The maximum absolute atomic E-state index is 13.6. The molecule has 6 aromatic heterocycles. The molecule has 0 bridgehead atoms. The molecule has 3 N–H and O–H groups in total. The van der Waals surface area contributed by atoms with E-state index in [0.717, 1.165) is 32.9 Å². The molecule has 0 aliphatic rings. The highest BCUT2D eigenvalue weighted by Gasteiger charge is 2.18. The van der Waals surface area contributed by atoms with E-state index in [-0.39, 0.29) is 11.0 Å². The van der Waals surface area contributed by atoms with Crippen molar-refractivity contribution in [1.29, 1.82) is 0 Å². The zero-order valence-corrected chi connectivity index (χ0v) is 19.2. The molecule has 6 heterocycles. The van der Waals surface area contributed by atoms with E-state index in [1.54, 1.807) is 37.8 Å². The first-order chi connectivity index (χ1) is 17.1. The third-order valence-corrected chi connectivity index (χ3v) is 6.41. The van der Waals surface area contributed by atoms with Crippen LogP contribution in [0.25, 0.3) is 55.3 Å². The number of anilines is 1. The summed E-state index contributed by atoms with van der Waals surface area (Å²) in [7, 11) is 0. The van der Waals surface area contributed by atoms with E-state index in [9.17, 15) is 9.18 Å². The van der Waals surface area contributed by atoms with E-state index in [2.05, 4.69) is 30.5 Å². The third-order valence-electron chi connectivity index (χ3n) is 5.50. The summed E-state index contributed by atoms with van der Waals surface area (Å²) in [5.41, 5.74) is 6.07. The van der Waals surface area contributed by atoms with Gasteiger partial charge >= 0.3 is 0 Å². The van der Waals surface area contributed by atoms with Crippen LogP contribution in [0.4, 0.5) is 10.1 Å². The minimum atomic E-state index is -0.268. The van der Waals surface area contributed by atoms with Crippen molar-refractivity contribution in [2.45, 2.75) is 13.3 Å². The van der Waals surface area contributed by atoms with Gasteiger partial charge in [0.05, 0.1) is 34.8 Å². The van der Waals surface area contributed by atoms with Gasteiger partial charge in [-0.3, -0.25) is 19.9 Å². The number of carbonyl (C=O) groups excluding carboxylic acids is 1. The molecule has 0 aliphatic carbocycles. The number of hydrogen-bond donors (Lipinski definition) is 3. The lowest BCUT2D eigenvalue weighted by atomic mass is 10.1. The molecule has 0 unspecified atom stereocenters. The van der Waals surface area contributed by atoms with Crippen LogP contribution in [0.5, 0.6) is 0 Å². The molecule has 1 amide bonds. The van der Waals surface area contributed by atoms with Crippen LogP contribution in [-0.4, -0.2) is 41.0 Å².